The lowest BCUT2D eigenvalue weighted by Gasteiger charge is -2.36. The summed E-state index contributed by atoms with van der Waals surface area (Å²) in [6.45, 7) is 4.52. The fraction of sp³-hybridized carbons (Fsp3) is 0.278. The highest BCUT2D eigenvalue weighted by Gasteiger charge is 2.18. The first-order chi connectivity index (χ1) is 10.8. The maximum atomic E-state index is 13.0. The predicted octanol–water partition coefficient (Wildman–Crippen LogP) is 3.02. The lowest BCUT2D eigenvalue weighted by Crippen LogP contribution is -2.46. The van der Waals surface area contributed by atoms with Crippen molar-refractivity contribution in [3.63, 3.8) is 0 Å². The normalized spacial score (nSPS) is 15.5. The summed E-state index contributed by atoms with van der Waals surface area (Å²) in [4.78, 5) is 4.63. The van der Waals surface area contributed by atoms with Gasteiger partial charge < -0.3 is 4.90 Å². The first-order valence-electron chi connectivity index (χ1n) is 7.47. The average molecular weight is 295 g/mol. The quantitative estimate of drug-likeness (QED) is 0.872. The van der Waals surface area contributed by atoms with E-state index in [0.29, 0.717) is 0 Å². The lowest BCUT2D eigenvalue weighted by atomic mass is 10.1. The molecule has 3 rings (SSSR count). The Bertz CT molecular complexity index is 667. The molecule has 1 heterocycles. The van der Waals surface area contributed by atoms with E-state index < -0.39 is 0 Å². The Labute approximate surface area is 130 Å². The highest BCUT2D eigenvalue weighted by Crippen LogP contribution is 2.18. The zero-order valence-electron chi connectivity index (χ0n) is 12.4. The molecular formula is C18H18FN3. The summed E-state index contributed by atoms with van der Waals surface area (Å²) in [5, 5.41) is 9.15. The number of nitrogens with zero attached hydrogens (tertiary/aromatic N) is 3. The maximum Gasteiger partial charge on any atom is 0.123 e. The molecule has 3 nitrogen and oxygen atoms in total. The van der Waals surface area contributed by atoms with Crippen LogP contribution in [0.4, 0.5) is 10.1 Å². The van der Waals surface area contributed by atoms with Crippen LogP contribution in [0.25, 0.3) is 0 Å². The highest BCUT2D eigenvalue weighted by atomic mass is 19.1. The van der Waals surface area contributed by atoms with E-state index in [4.69, 9.17) is 5.26 Å². The third-order valence-corrected chi connectivity index (χ3v) is 4.10. The second-order valence-electron chi connectivity index (χ2n) is 5.51. The molecule has 1 saturated heterocycles. The summed E-state index contributed by atoms with van der Waals surface area (Å²) < 4.78 is 13.0. The second-order valence-corrected chi connectivity index (χ2v) is 5.51. The Kier molecular flexibility index (Phi) is 4.36. The molecule has 0 aromatic heterocycles. The van der Waals surface area contributed by atoms with Crippen LogP contribution in [0.15, 0.2) is 48.5 Å². The molecule has 1 aliphatic rings. The summed E-state index contributed by atoms with van der Waals surface area (Å²) >= 11 is 0. The van der Waals surface area contributed by atoms with Gasteiger partial charge in [-0.15, -0.1) is 0 Å². The summed E-state index contributed by atoms with van der Waals surface area (Å²) in [7, 11) is 0. The number of rotatable bonds is 3. The summed E-state index contributed by atoms with van der Waals surface area (Å²) in [5.41, 5.74) is 2.90. The van der Waals surface area contributed by atoms with E-state index in [1.165, 1.54) is 12.1 Å². The largest absolute Gasteiger partial charge is 0.369 e. The Balaban J connectivity index is 1.60. The molecule has 0 N–H and O–H groups in total. The van der Waals surface area contributed by atoms with Crippen molar-refractivity contribution in [3.8, 4) is 6.07 Å². The van der Waals surface area contributed by atoms with Crippen LogP contribution in [0.5, 0.6) is 0 Å². The molecule has 112 valence electrons. The fourth-order valence-corrected chi connectivity index (χ4v) is 2.82. The molecule has 0 saturated carbocycles. The number of anilines is 1. The molecule has 22 heavy (non-hydrogen) atoms. The zero-order chi connectivity index (χ0) is 15.4. The number of nitriles is 1. The number of hydrogen-bond donors (Lipinski definition) is 0. The van der Waals surface area contributed by atoms with Gasteiger partial charge in [0.1, 0.15) is 5.82 Å². The molecule has 1 aliphatic heterocycles. The molecule has 1 fully saturated rings. The van der Waals surface area contributed by atoms with Gasteiger partial charge in [0.2, 0.25) is 0 Å². The van der Waals surface area contributed by atoms with Crippen LogP contribution in [-0.4, -0.2) is 31.1 Å². The van der Waals surface area contributed by atoms with Crippen molar-refractivity contribution in [1.82, 2.24) is 4.90 Å². The molecule has 0 amide bonds. The maximum absolute atomic E-state index is 13.0. The van der Waals surface area contributed by atoms with Crippen LogP contribution in [0.1, 0.15) is 11.1 Å². The number of hydrogen-bond acceptors (Lipinski definition) is 3. The van der Waals surface area contributed by atoms with Gasteiger partial charge in [0.15, 0.2) is 0 Å². The van der Waals surface area contributed by atoms with Crippen molar-refractivity contribution in [2.45, 2.75) is 6.54 Å². The number of piperazine rings is 1. The van der Waals surface area contributed by atoms with E-state index in [2.05, 4.69) is 15.9 Å². The molecule has 0 bridgehead atoms. The molecule has 0 atom stereocenters. The average Bonchev–Trinajstić information content (AvgIpc) is 2.57. The van der Waals surface area contributed by atoms with Crippen LogP contribution in [0, 0.1) is 17.1 Å². The predicted molar refractivity (Wildman–Crippen MR) is 85.0 cm³/mol. The van der Waals surface area contributed by atoms with Gasteiger partial charge in [0, 0.05) is 38.4 Å². The standard InChI is InChI=1S/C18H18FN3/c19-17-5-7-18(8-6-17)22-11-9-21(10-12-22)14-16-4-2-1-3-15(16)13-20/h1-8H,9-12,14H2. The minimum absolute atomic E-state index is 0.199. The molecular weight excluding hydrogens is 277 g/mol. The molecule has 0 aliphatic carbocycles. The van der Waals surface area contributed by atoms with Gasteiger partial charge in [-0.3, -0.25) is 4.90 Å². The van der Waals surface area contributed by atoms with E-state index in [0.717, 1.165) is 49.5 Å². The van der Waals surface area contributed by atoms with Crippen molar-refractivity contribution in [1.29, 1.82) is 5.26 Å². The molecule has 0 spiro atoms. The van der Waals surface area contributed by atoms with Gasteiger partial charge in [-0.05, 0) is 35.9 Å². The van der Waals surface area contributed by atoms with E-state index >= 15 is 0 Å². The van der Waals surface area contributed by atoms with Crippen LogP contribution >= 0.6 is 0 Å². The third-order valence-electron chi connectivity index (χ3n) is 4.10. The minimum atomic E-state index is -0.199. The van der Waals surface area contributed by atoms with Crippen molar-refractivity contribution in [2.75, 3.05) is 31.1 Å². The lowest BCUT2D eigenvalue weighted by molar-refractivity contribution is 0.249. The smallest absolute Gasteiger partial charge is 0.123 e. The minimum Gasteiger partial charge on any atom is -0.369 e. The van der Waals surface area contributed by atoms with Gasteiger partial charge in [0.05, 0.1) is 11.6 Å². The Hall–Kier alpha value is -2.38. The Morgan fingerprint density at radius 2 is 1.64 bits per heavy atom. The fourth-order valence-electron chi connectivity index (χ4n) is 2.82. The highest BCUT2D eigenvalue weighted by molar-refractivity contribution is 5.46. The monoisotopic (exact) mass is 295 g/mol. The zero-order valence-corrected chi connectivity index (χ0v) is 12.4. The van der Waals surface area contributed by atoms with Crippen molar-refractivity contribution in [3.05, 3.63) is 65.5 Å². The molecule has 0 radical (unpaired) electrons. The molecule has 0 unspecified atom stereocenters. The second kappa shape index (κ2) is 6.59. The summed E-state index contributed by atoms with van der Waals surface area (Å²) in [6.07, 6.45) is 0. The molecule has 2 aromatic carbocycles. The summed E-state index contributed by atoms with van der Waals surface area (Å²) in [5.74, 6) is -0.199. The van der Waals surface area contributed by atoms with Crippen molar-refractivity contribution < 1.29 is 4.39 Å². The first-order valence-corrected chi connectivity index (χ1v) is 7.47. The van der Waals surface area contributed by atoms with Crippen LogP contribution in [0.3, 0.4) is 0 Å². The van der Waals surface area contributed by atoms with E-state index in [-0.39, 0.29) is 5.82 Å². The van der Waals surface area contributed by atoms with Gasteiger partial charge in [-0.25, -0.2) is 4.39 Å². The Morgan fingerprint density at radius 1 is 0.955 bits per heavy atom. The van der Waals surface area contributed by atoms with Crippen LogP contribution in [0.2, 0.25) is 0 Å². The van der Waals surface area contributed by atoms with Crippen molar-refractivity contribution >= 4 is 5.69 Å². The van der Waals surface area contributed by atoms with E-state index in [1.54, 1.807) is 0 Å². The van der Waals surface area contributed by atoms with Crippen LogP contribution in [-0.2, 0) is 6.54 Å². The van der Waals surface area contributed by atoms with Gasteiger partial charge >= 0.3 is 0 Å². The Morgan fingerprint density at radius 3 is 2.32 bits per heavy atom. The van der Waals surface area contributed by atoms with E-state index in [9.17, 15) is 4.39 Å². The number of benzene rings is 2. The first kappa shape index (κ1) is 14.6. The number of halogens is 1. The van der Waals surface area contributed by atoms with Crippen LogP contribution < -0.4 is 4.90 Å². The van der Waals surface area contributed by atoms with E-state index in [1.807, 2.05) is 36.4 Å². The van der Waals surface area contributed by atoms with Gasteiger partial charge in [-0.2, -0.15) is 5.26 Å². The third kappa shape index (κ3) is 3.26. The molecule has 4 heteroatoms. The van der Waals surface area contributed by atoms with Gasteiger partial charge in [-0.1, -0.05) is 18.2 Å². The summed E-state index contributed by atoms with van der Waals surface area (Å²) in [6, 6.07) is 16.7. The van der Waals surface area contributed by atoms with Crippen molar-refractivity contribution in [2.24, 2.45) is 0 Å². The molecule has 2 aromatic rings. The van der Waals surface area contributed by atoms with Gasteiger partial charge in [0.25, 0.3) is 0 Å². The SMILES string of the molecule is N#Cc1ccccc1CN1CCN(c2ccc(F)cc2)CC1. The topological polar surface area (TPSA) is 30.3 Å².